The van der Waals surface area contributed by atoms with Crippen LogP contribution in [0.3, 0.4) is 0 Å². The predicted molar refractivity (Wildman–Crippen MR) is 148 cm³/mol. The molecule has 0 unspecified atom stereocenters. The summed E-state index contributed by atoms with van der Waals surface area (Å²) in [7, 11) is -3.40. The topological polar surface area (TPSA) is 97.4 Å². The number of anilines is 2. The zero-order chi connectivity index (χ0) is 27.0. The number of carbonyl (C=O) groups excluding carboxylic acids is 1. The molecule has 2 N–H and O–H groups in total. The van der Waals surface area contributed by atoms with Gasteiger partial charge in [0.05, 0.1) is 16.5 Å². The normalized spacial score (nSPS) is 11.9. The van der Waals surface area contributed by atoms with Crippen molar-refractivity contribution in [2.75, 3.05) is 16.3 Å². The number of halogens is 2. The van der Waals surface area contributed by atoms with Crippen LogP contribution in [0.5, 0.6) is 0 Å². The average Bonchev–Trinajstić information content (AvgIpc) is 3.14. The third-order valence-electron chi connectivity index (χ3n) is 5.07. The number of aromatic nitrogens is 1. The van der Waals surface area contributed by atoms with Crippen molar-refractivity contribution in [2.24, 2.45) is 0 Å². The molecule has 0 saturated heterocycles. The minimum absolute atomic E-state index is 0.251. The number of ether oxygens (including phenoxy) is 1. The Balaban J connectivity index is 1.75. The first kappa shape index (κ1) is 26.8. The smallest absolute Gasteiger partial charge is 0.413 e. The summed E-state index contributed by atoms with van der Waals surface area (Å²) in [6.45, 7) is 5.27. The maximum atomic E-state index is 16.0. The van der Waals surface area contributed by atoms with Crippen LogP contribution in [0.25, 0.3) is 21.3 Å². The van der Waals surface area contributed by atoms with Gasteiger partial charge in [-0.1, -0.05) is 47.2 Å². The summed E-state index contributed by atoms with van der Waals surface area (Å²) in [6, 6.07) is 15.3. The minimum atomic E-state index is -3.40. The molecule has 11 heteroatoms. The molecule has 3 aromatic carbocycles. The molecule has 1 heterocycles. The van der Waals surface area contributed by atoms with Gasteiger partial charge in [-0.05, 0) is 67.8 Å². The van der Waals surface area contributed by atoms with Crippen molar-refractivity contribution in [3.63, 3.8) is 0 Å². The van der Waals surface area contributed by atoms with Crippen molar-refractivity contribution < 1.29 is 22.3 Å². The highest BCUT2D eigenvalue weighted by Gasteiger charge is 2.22. The van der Waals surface area contributed by atoms with Crippen LogP contribution in [0.2, 0.25) is 5.02 Å². The van der Waals surface area contributed by atoms with Gasteiger partial charge in [0.25, 0.3) is 0 Å². The number of amides is 1. The van der Waals surface area contributed by atoms with E-state index < -0.39 is 27.5 Å². The molecule has 0 aliphatic heterocycles. The zero-order valence-electron chi connectivity index (χ0n) is 20.6. The molecule has 0 saturated carbocycles. The quantitative estimate of drug-likeness (QED) is 0.262. The van der Waals surface area contributed by atoms with E-state index in [4.69, 9.17) is 16.3 Å². The summed E-state index contributed by atoms with van der Waals surface area (Å²) in [6.07, 6.45) is 0.671. The van der Waals surface area contributed by atoms with Crippen molar-refractivity contribution >= 4 is 60.1 Å². The molecule has 37 heavy (non-hydrogen) atoms. The molecule has 0 bridgehead atoms. The Morgan fingerprint density at radius 1 is 1.14 bits per heavy atom. The number of hydrogen-bond acceptors (Lipinski definition) is 6. The first-order valence-electron chi connectivity index (χ1n) is 11.2. The lowest BCUT2D eigenvalue weighted by atomic mass is 9.97. The van der Waals surface area contributed by atoms with E-state index in [-0.39, 0.29) is 17.1 Å². The van der Waals surface area contributed by atoms with E-state index in [1.165, 1.54) is 11.3 Å². The van der Waals surface area contributed by atoms with Gasteiger partial charge < -0.3 is 4.74 Å². The fraction of sp³-hybridized carbons (Fsp3) is 0.231. The fourth-order valence-corrected chi connectivity index (χ4v) is 5.38. The summed E-state index contributed by atoms with van der Waals surface area (Å²) in [4.78, 5) is 16.8. The van der Waals surface area contributed by atoms with Crippen LogP contribution in [0.1, 0.15) is 31.9 Å². The van der Waals surface area contributed by atoms with Crippen molar-refractivity contribution in [1.82, 2.24) is 4.98 Å². The highest BCUT2D eigenvalue weighted by atomic mass is 35.5. The zero-order valence-corrected chi connectivity index (χ0v) is 22.9. The van der Waals surface area contributed by atoms with Gasteiger partial charge in [0, 0.05) is 22.7 Å². The van der Waals surface area contributed by atoms with Gasteiger partial charge in [-0.25, -0.2) is 22.6 Å². The largest absolute Gasteiger partial charge is 0.444 e. The van der Waals surface area contributed by atoms with E-state index in [1.807, 2.05) is 0 Å². The first-order chi connectivity index (χ1) is 17.3. The minimum Gasteiger partial charge on any atom is -0.444 e. The monoisotopic (exact) mass is 561 g/mol. The molecular weight excluding hydrogens is 537 g/mol. The summed E-state index contributed by atoms with van der Waals surface area (Å²) in [5, 5.41) is 3.36. The highest BCUT2D eigenvalue weighted by Crippen LogP contribution is 2.39. The van der Waals surface area contributed by atoms with Gasteiger partial charge in [0.2, 0.25) is 10.0 Å². The Bertz CT molecular complexity index is 1580. The van der Waals surface area contributed by atoms with Crippen molar-refractivity contribution in [3.05, 3.63) is 76.6 Å². The molecule has 0 aliphatic rings. The van der Waals surface area contributed by atoms with Gasteiger partial charge in [-0.2, -0.15) is 0 Å². The molecule has 4 rings (SSSR count). The van der Waals surface area contributed by atoms with Crippen LogP contribution >= 0.6 is 22.9 Å². The number of nitrogens with zero attached hydrogens (tertiary/aromatic N) is 1. The second-order valence-electron chi connectivity index (χ2n) is 9.48. The maximum absolute atomic E-state index is 16.0. The predicted octanol–water partition coefficient (Wildman–Crippen LogP) is 7.07. The van der Waals surface area contributed by atoms with E-state index in [0.29, 0.717) is 32.1 Å². The van der Waals surface area contributed by atoms with E-state index in [2.05, 4.69) is 15.0 Å². The lowest BCUT2D eigenvalue weighted by Gasteiger charge is -2.18. The number of nitrogens with one attached hydrogen (secondary N) is 2. The van der Waals surface area contributed by atoms with Crippen LogP contribution in [0.4, 0.5) is 20.0 Å². The highest BCUT2D eigenvalue weighted by molar-refractivity contribution is 7.92. The van der Waals surface area contributed by atoms with Crippen molar-refractivity contribution in [3.8, 4) is 11.1 Å². The average molecular weight is 562 g/mol. The molecule has 0 radical (unpaired) electrons. The van der Waals surface area contributed by atoms with Gasteiger partial charge in [-0.3, -0.25) is 10.0 Å². The van der Waals surface area contributed by atoms with Gasteiger partial charge >= 0.3 is 6.09 Å². The number of thiazole rings is 1. The molecule has 0 aliphatic carbocycles. The number of fused-ring (bicyclic) bond motifs is 1. The Morgan fingerprint density at radius 3 is 2.46 bits per heavy atom. The molecule has 1 amide bonds. The Morgan fingerprint density at radius 2 is 1.84 bits per heavy atom. The molecule has 0 fully saturated rings. The lowest BCUT2D eigenvalue weighted by molar-refractivity contribution is 0.0636. The summed E-state index contributed by atoms with van der Waals surface area (Å²) < 4.78 is 47.4. The number of carbonyl (C=O) groups is 1. The number of rotatable bonds is 6. The van der Waals surface area contributed by atoms with Crippen molar-refractivity contribution in [2.45, 2.75) is 32.8 Å². The maximum Gasteiger partial charge on any atom is 0.413 e. The van der Waals surface area contributed by atoms with Crippen LogP contribution in [0, 0.1) is 5.82 Å². The third kappa shape index (κ3) is 6.97. The van der Waals surface area contributed by atoms with Crippen molar-refractivity contribution in [1.29, 1.82) is 0 Å². The molecule has 0 atom stereocenters. The summed E-state index contributed by atoms with van der Waals surface area (Å²) in [5.74, 6) is -0.456. The first-order valence-corrected chi connectivity index (χ1v) is 14.3. The van der Waals surface area contributed by atoms with E-state index >= 15 is 4.39 Å². The third-order valence-corrected chi connectivity index (χ3v) is 6.83. The number of benzene rings is 3. The summed E-state index contributed by atoms with van der Waals surface area (Å²) >= 11 is 7.41. The Kier molecular flexibility index (Phi) is 7.45. The van der Waals surface area contributed by atoms with Crippen LogP contribution < -0.4 is 10.0 Å². The second-order valence-corrected chi connectivity index (χ2v) is 12.7. The van der Waals surface area contributed by atoms with E-state index in [1.54, 1.807) is 75.4 Å². The Labute approximate surface area is 223 Å². The van der Waals surface area contributed by atoms with Gasteiger partial charge in [-0.15, -0.1) is 0 Å². The molecule has 0 spiro atoms. The number of sulfonamides is 1. The molecule has 1 aromatic heterocycles. The van der Waals surface area contributed by atoms with Gasteiger partial charge in [0.15, 0.2) is 5.13 Å². The van der Waals surface area contributed by atoms with E-state index in [0.717, 1.165) is 11.8 Å². The lowest BCUT2D eigenvalue weighted by Crippen LogP contribution is -2.27. The molecule has 194 valence electrons. The summed E-state index contributed by atoms with van der Waals surface area (Å²) in [5.41, 5.74) is 2.16. The fourth-order valence-electron chi connectivity index (χ4n) is 3.70. The van der Waals surface area contributed by atoms with Crippen LogP contribution in [-0.4, -0.2) is 31.4 Å². The second kappa shape index (κ2) is 10.3. The SMILES string of the molecule is CC(C)(C)OC(=O)Nc1nc2c(-c3cccc(Cl)c3)c(F)c(Cc3ccc(NS(C)(=O)=O)cc3)cc2s1. The van der Waals surface area contributed by atoms with Crippen LogP contribution in [0.15, 0.2) is 54.6 Å². The van der Waals surface area contributed by atoms with E-state index in [9.17, 15) is 13.2 Å². The molecule has 4 aromatic rings. The molecule has 7 nitrogen and oxygen atoms in total. The van der Waals surface area contributed by atoms with Gasteiger partial charge in [0.1, 0.15) is 11.4 Å². The molecular formula is C26H25ClFN3O4S2. The number of hydrogen-bond donors (Lipinski definition) is 2. The standard InChI is InChI=1S/C26H25ClFN3O4S2/c1-26(2,3)35-25(32)30-24-29-23-20(36-24)14-17(22(28)21(23)16-6-5-7-18(27)13-16)12-15-8-10-19(11-9-15)31-37(4,33)34/h5-11,13-14,31H,12H2,1-4H3,(H,29,30,32). The van der Waals surface area contributed by atoms with Crippen LogP contribution in [-0.2, 0) is 21.2 Å². The Hall–Kier alpha value is -3.21.